The lowest BCUT2D eigenvalue weighted by molar-refractivity contribution is -0.137. The first-order chi connectivity index (χ1) is 5.54. The van der Waals surface area contributed by atoms with Crippen LogP contribution in [0.25, 0.3) is 4.85 Å². The van der Waals surface area contributed by atoms with Crippen molar-refractivity contribution in [3.63, 3.8) is 0 Å². The molecule has 0 aliphatic rings. The van der Waals surface area contributed by atoms with Crippen LogP contribution >= 0.6 is 0 Å². The fourth-order valence-corrected chi connectivity index (χ4v) is 0.660. The second kappa shape index (κ2) is 2.85. The summed E-state index contributed by atoms with van der Waals surface area (Å²) < 4.78 is 36.7. The van der Waals surface area contributed by atoms with Crippen LogP contribution in [0.1, 0.15) is 5.56 Å². The van der Waals surface area contributed by atoms with Crippen molar-refractivity contribution in [1.29, 1.82) is 0 Å². The molecule has 0 saturated heterocycles. The third-order valence-corrected chi connectivity index (χ3v) is 1.18. The van der Waals surface area contributed by atoms with Crippen molar-refractivity contribution in [2.45, 2.75) is 12.8 Å². The van der Waals surface area contributed by atoms with Gasteiger partial charge in [0.25, 0.3) is 0 Å². The van der Waals surface area contributed by atoms with E-state index >= 15 is 0 Å². The molecule has 0 spiro atoms. The average Bonchev–Trinajstić information content (AvgIpc) is 2.35. The molecule has 12 heavy (non-hydrogen) atoms. The Morgan fingerprint density at radius 2 is 2.25 bits per heavy atom. The van der Waals surface area contributed by atoms with Crippen molar-refractivity contribution >= 4 is 0 Å². The minimum Gasteiger partial charge on any atom is -0.291 e. The maximum absolute atomic E-state index is 11.9. The van der Waals surface area contributed by atoms with Gasteiger partial charge in [-0.25, -0.2) is 11.3 Å². The van der Waals surface area contributed by atoms with E-state index in [9.17, 15) is 13.2 Å². The summed E-state index contributed by atoms with van der Waals surface area (Å²) in [5.74, 6) is 0. The Morgan fingerprint density at radius 3 is 2.67 bits per heavy atom. The third kappa shape index (κ3) is 1.75. The molecule has 0 saturated carbocycles. The molecule has 1 rings (SSSR count). The van der Waals surface area contributed by atoms with E-state index in [1.54, 1.807) is 0 Å². The number of halogens is 3. The first-order valence-corrected chi connectivity index (χ1v) is 2.97. The van der Waals surface area contributed by atoms with Crippen LogP contribution in [0.4, 0.5) is 13.2 Å². The average molecular weight is 175 g/mol. The summed E-state index contributed by atoms with van der Waals surface area (Å²) in [6.07, 6.45) is -2.87. The molecule has 0 aromatic carbocycles. The molecule has 0 aliphatic carbocycles. The maximum Gasteiger partial charge on any atom is 0.419 e. The number of rotatable bonds is 1. The lowest BCUT2D eigenvalue weighted by Crippen LogP contribution is -2.02. The molecular formula is C6H4F3N3. The van der Waals surface area contributed by atoms with Crippen LogP contribution in [0.2, 0.25) is 0 Å². The predicted molar refractivity (Wildman–Crippen MR) is 33.8 cm³/mol. The SMILES string of the molecule is [C-]#[N+]Cn1cc(C(F)(F)F)cn1. The van der Waals surface area contributed by atoms with Gasteiger partial charge >= 0.3 is 12.8 Å². The van der Waals surface area contributed by atoms with Gasteiger partial charge in [-0.2, -0.15) is 18.3 Å². The normalized spacial score (nSPS) is 11.2. The fourth-order valence-electron chi connectivity index (χ4n) is 0.660. The van der Waals surface area contributed by atoms with E-state index in [2.05, 4.69) is 9.94 Å². The number of aromatic nitrogens is 2. The molecule has 1 aromatic heterocycles. The van der Waals surface area contributed by atoms with E-state index in [0.717, 1.165) is 10.9 Å². The van der Waals surface area contributed by atoms with Gasteiger partial charge in [0.1, 0.15) is 0 Å². The van der Waals surface area contributed by atoms with E-state index in [1.807, 2.05) is 0 Å². The van der Waals surface area contributed by atoms with Crippen molar-refractivity contribution < 1.29 is 13.2 Å². The molecule has 0 unspecified atom stereocenters. The summed E-state index contributed by atoms with van der Waals surface area (Å²) in [5, 5.41) is 3.36. The molecule has 0 N–H and O–H groups in total. The Hall–Kier alpha value is -1.51. The molecule has 0 radical (unpaired) electrons. The Labute approximate surface area is 66.2 Å². The predicted octanol–water partition coefficient (Wildman–Crippen LogP) is 1.78. The molecule has 1 heterocycles. The van der Waals surface area contributed by atoms with Crippen LogP contribution in [-0.4, -0.2) is 9.78 Å². The van der Waals surface area contributed by atoms with Crippen LogP contribution in [0.3, 0.4) is 0 Å². The molecule has 0 bridgehead atoms. The van der Waals surface area contributed by atoms with Crippen LogP contribution in [0.5, 0.6) is 0 Å². The molecule has 0 fully saturated rings. The van der Waals surface area contributed by atoms with E-state index in [1.165, 1.54) is 0 Å². The molecular weight excluding hydrogens is 171 g/mol. The van der Waals surface area contributed by atoms with Gasteiger partial charge < -0.3 is 0 Å². The molecule has 0 amide bonds. The molecule has 0 atom stereocenters. The summed E-state index contributed by atoms with van der Waals surface area (Å²) in [6, 6.07) is 0. The molecule has 1 aromatic rings. The van der Waals surface area contributed by atoms with Crippen molar-refractivity contribution in [1.82, 2.24) is 9.78 Å². The fraction of sp³-hybridized carbons (Fsp3) is 0.333. The quantitative estimate of drug-likeness (QED) is 0.596. The number of alkyl halides is 3. The van der Waals surface area contributed by atoms with Crippen molar-refractivity contribution in [2.75, 3.05) is 0 Å². The molecule has 0 aliphatic heterocycles. The summed E-state index contributed by atoms with van der Waals surface area (Å²) in [6.45, 7) is 6.20. The minimum absolute atomic E-state index is 0.184. The van der Waals surface area contributed by atoms with Gasteiger partial charge in [0.05, 0.1) is 11.8 Å². The lowest BCUT2D eigenvalue weighted by Gasteiger charge is -1.99. The van der Waals surface area contributed by atoms with Crippen molar-refractivity contribution in [3.8, 4) is 0 Å². The zero-order chi connectivity index (χ0) is 9.19. The van der Waals surface area contributed by atoms with Gasteiger partial charge in [-0.1, -0.05) is 0 Å². The zero-order valence-electron chi connectivity index (χ0n) is 5.84. The Morgan fingerprint density at radius 1 is 1.58 bits per heavy atom. The van der Waals surface area contributed by atoms with E-state index in [0.29, 0.717) is 6.20 Å². The van der Waals surface area contributed by atoms with Gasteiger partial charge in [-0.15, -0.1) is 0 Å². The molecule has 3 nitrogen and oxygen atoms in total. The third-order valence-electron chi connectivity index (χ3n) is 1.18. The van der Waals surface area contributed by atoms with Crippen LogP contribution in [0, 0.1) is 6.57 Å². The highest BCUT2D eigenvalue weighted by Crippen LogP contribution is 2.28. The van der Waals surface area contributed by atoms with Crippen molar-refractivity contribution in [3.05, 3.63) is 29.4 Å². The zero-order valence-corrected chi connectivity index (χ0v) is 5.84. The monoisotopic (exact) mass is 175 g/mol. The van der Waals surface area contributed by atoms with Gasteiger partial charge in [0.2, 0.25) is 0 Å². The number of nitrogens with zero attached hydrogens (tertiary/aromatic N) is 3. The second-order valence-corrected chi connectivity index (χ2v) is 2.07. The number of hydrogen-bond acceptors (Lipinski definition) is 1. The van der Waals surface area contributed by atoms with E-state index in [4.69, 9.17) is 6.57 Å². The summed E-state index contributed by atoms with van der Waals surface area (Å²) >= 11 is 0. The molecule has 6 heteroatoms. The van der Waals surface area contributed by atoms with E-state index in [-0.39, 0.29) is 6.67 Å². The van der Waals surface area contributed by atoms with Crippen LogP contribution < -0.4 is 0 Å². The summed E-state index contributed by atoms with van der Waals surface area (Å²) in [7, 11) is 0. The van der Waals surface area contributed by atoms with Crippen LogP contribution in [-0.2, 0) is 12.8 Å². The first-order valence-electron chi connectivity index (χ1n) is 2.97. The van der Waals surface area contributed by atoms with Crippen molar-refractivity contribution in [2.24, 2.45) is 0 Å². The van der Waals surface area contributed by atoms with Gasteiger partial charge in [0.15, 0.2) is 0 Å². The van der Waals surface area contributed by atoms with Crippen LogP contribution in [0.15, 0.2) is 12.4 Å². The largest absolute Gasteiger partial charge is 0.419 e. The smallest absolute Gasteiger partial charge is 0.291 e. The lowest BCUT2D eigenvalue weighted by atomic mass is 10.4. The van der Waals surface area contributed by atoms with Gasteiger partial charge in [0, 0.05) is 6.20 Å². The van der Waals surface area contributed by atoms with E-state index < -0.39 is 11.7 Å². The highest BCUT2D eigenvalue weighted by atomic mass is 19.4. The Balaban J connectivity index is 2.86. The number of hydrogen-bond donors (Lipinski definition) is 0. The summed E-state index contributed by atoms with van der Waals surface area (Å²) in [5.41, 5.74) is -0.828. The Kier molecular flexibility index (Phi) is 2.04. The van der Waals surface area contributed by atoms with Gasteiger partial charge in [-0.3, -0.25) is 4.85 Å². The van der Waals surface area contributed by atoms with Gasteiger partial charge in [-0.05, 0) is 0 Å². The topological polar surface area (TPSA) is 22.2 Å². The standard InChI is InChI=1S/C6H4F3N3/c1-10-4-12-3-5(2-11-12)6(7,8)9/h2-3H,4H2. The second-order valence-electron chi connectivity index (χ2n) is 2.07. The highest BCUT2D eigenvalue weighted by Gasteiger charge is 2.32. The highest BCUT2D eigenvalue weighted by molar-refractivity contribution is 5.08. The molecule has 64 valence electrons. The Bertz CT molecular complexity index is 307. The maximum atomic E-state index is 11.9. The minimum atomic E-state index is -4.37. The first kappa shape index (κ1) is 8.59. The summed E-state index contributed by atoms with van der Waals surface area (Å²) in [4.78, 5) is 2.88.